The molecule has 0 atom stereocenters. The summed E-state index contributed by atoms with van der Waals surface area (Å²) in [7, 11) is 1.51. The van der Waals surface area contributed by atoms with Crippen LogP contribution < -0.4 is 10.1 Å². The van der Waals surface area contributed by atoms with E-state index in [0.29, 0.717) is 24.2 Å². The lowest BCUT2D eigenvalue weighted by Gasteiger charge is -2.32. The van der Waals surface area contributed by atoms with E-state index in [0.717, 1.165) is 13.1 Å². The van der Waals surface area contributed by atoms with E-state index in [4.69, 9.17) is 4.74 Å². The largest absolute Gasteiger partial charge is 0.496 e. The first-order chi connectivity index (χ1) is 9.13. The predicted octanol–water partition coefficient (Wildman–Crippen LogP) is 1.75. The summed E-state index contributed by atoms with van der Waals surface area (Å²) in [5, 5.41) is 23.6. The Morgan fingerprint density at radius 1 is 1.47 bits per heavy atom. The van der Waals surface area contributed by atoms with Crippen LogP contribution in [0.15, 0.2) is 18.2 Å². The van der Waals surface area contributed by atoms with E-state index < -0.39 is 10.3 Å². The summed E-state index contributed by atoms with van der Waals surface area (Å²) in [6, 6.07) is 6.76. The Bertz CT molecular complexity index is 530. The van der Waals surface area contributed by atoms with Gasteiger partial charge in [0, 0.05) is 17.7 Å². The maximum Gasteiger partial charge on any atom is 0.270 e. The molecule has 0 amide bonds. The predicted molar refractivity (Wildman–Crippen MR) is 69.0 cm³/mol. The quantitative estimate of drug-likeness (QED) is 0.661. The van der Waals surface area contributed by atoms with Crippen molar-refractivity contribution in [1.82, 2.24) is 5.32 Å². The van der Waals surface area contributed by atoms with Gasteiger partial charge < -0.3 is 10.1 Å². The first kappa shape index (κ1) is 13.3. The van der Waals surface area contributed by atoms with Gasteiger partial charge >= 0.3 is 0 Å². The minimum absolute atomic E-state index is 0.0102. The van der Waals surface area contributed by atoms with Crippen LogP contribution in [0, 0.1) is 21.4 Å². The molecule has 1 saturated heterocycles. The maximum atomic E-state index is 10.9. The summed E-state index contributed by atoms with van der Waals surface area (Å²) in [5.41, 5.74) is -0.0973. The van der Waals surface area contributed by atoms with E-state index in [-0.39, 0.29) is 5.69 Å². The average molecular weight is 261 g/mol. The molecular weight excluding hydrogens is 246 g/mol. The van der Waals surface area contributed by atoms with Crippen molar-refractivity contribution in [3.63, 3.8) is 0 Å². The fourth-order valence-electron chi connectivity index (χ4n) is 2.48. The number of rotatable bonds is 3. The topological polar surface area (TPSA) is 88.2 Å². The molecule has 1 aromatic carbocycles. The third kappa shape index (κ3) is 2.37. The smallest absolute Gasteiger partial charge is 0.270 e. The van der Waals surface area contributed by atoms with Crippen LogP contribution in [0.1, 0.15) is 18.4 Å². The van der Waals surface area contributed by atoms with Crippen molar-refractivity contribution in [2.24, 2.45) is 0 Å². The normalized spacial score (nSPS) is 17.5. The van der Waals surface area contributed by atoms with Gasteiger partial charge in [-0.3, -0.25) is 10.1 Å². The lowest BCUT2D eigenvalue weighted by Crippen LogP contribution is -2.39. The second-order valence-electron chi connectivity index (χ2n) is 4.59. The van der Waals surface area contributed by atoms with Crippen molar-refractivity contribution in [3.05, 3.63) is 33.9 Å². The van der Waals surface area contributed by atoms with Crippen molar-refractivity contribution < 1.29 is 9.66 Å². The number of methoxy groups -OCH3 is 1. The SMILES string of the molecule is COc1ccc([N+](=O)[O-])cc1C1(C#N)CCNCC1. The monoisotopic (exact) mass is 261 g/mol. The van der Waals surface area contributed by atoms with Crippen molar-refractivity contribution in [2.45, 2.75) is 18.3 Å². The van der Waals surface area contributed by atoms with Crippen LogP contribution >= 0.6 is 0 Å². The summed E-state index contributed by atoms with van der Waals surface area (Å²) in [6.45, 7) is 1.44. The number of nitrogens with one attached hydrogen (secondary N) is 1. The average Bonchev–Trinajstić information content (AvgIpc) is 2.47. The van der Waals surface area contributed by atoms with Gasteiger partial charge in [-0.05, 0) is 32.0 Å². The highest BCUT2D eigenvalue weighted by Gasteiger charge is 2.37. The number of nitro groups is 1. The molecule has 6 nitrogen and oxygen atoms in total. The van der Waals surface area contributed by atoms with E-state index in [1.165, 1.54) is 19.2 Å². The van der Waals surface area contributed by atoms with E-state index in [1.54, 1.807) is 6.07 Å². The van der Waals surface area contributed by atoms with Gasteiger partial charge in [-0.2, -0.15) is 5.26 Å². The highest BCUT2D eigenvalue weighted by atomic mass is 16.6. The van der Waals surface area contributed by atoms with Crippen LogP contribution in [-0.4, -0.2) is 25.1 Å². The van der Waals surface area contributed by atoms with Gasteiger partial charge in [-0.1, -0.05) is 0 Å². The summed E-state index contributed by atoms with van der Waals surface area (Å²) < 4.78 is 5.27. The zero-order valence-corrected chi connectivity index (χ0v) is 10.7. The third-order valence-corrected chi connectivity index (χ3v) is 3.58. The summed E-state index contributed by atoms with van der Waals surface area (Å²) in [4.78, 5) is 10.4. The molecule has 100 valence electrons. The van der Waals surface area contributed by atoms with E-state index in [2.05, 4.69) is 11.4 Å². The Morgan fingerprint density at radius 2 is 2.16 bits per heavy atom. The van der Waals surface area contributed by atoms with Crippen molar-refractivity contribution in [3.8, 4) is 11.8 Å². The molecule has 1 N–H and O–H groups in total. The Balaban J connectivity index is 2.54. The number of hydrogen-bond acceptors (Lipinski definition) is 5. The number of nitriles is 1. The molecule has 6 heteroatoms. The minimum atomic E-state index is -0.706. The van der Waals surface area contributed by atoms with Gasteiger partial charge in [-0.25, -0.2) is 0 Å². The zero-order chi connectivity index (χ0) is 13.9. The van der Waals surface area contributed by atoms with Gasteiger partial charge in [0.1, 0.15) is 5.75 Å². The first-order valence-electron chi connectivity index (χ1n) is 6.08. The number of nitrogens with zero attached hydrogens (tertiary/aromatic N) is 2. The number of ether oxygens (including phenoxy) is 1. The summed E-state index contributed by atoms with van der Waals surface area (Å²) in [6.07, 6.45) is 1.25. The highest BCUT2D eigenvalue weighted by Crippen LogP contribution is 2.40. The Morgan fingerprint density at radius 3 is 2.68 bits per heavy atom. The number of piperidine rings is 1. The molecule has 0 aromatic heterocycles. The fraction of sp³-hybridized carbons (Fsp3) is 0.462. The molecular formula is C13H15N3O3. The standard InChI is InChI=1S/C13H15N3O3/c1-19-12-3-2-10(16(17)18)8-11(12)13(9-14)4-6-15-7-5-13/h2-3,8,15H,4-7H2,1H3. The lowest BCUT2D eigenvalue weighted by molar-refractivity contribution is -0.385. The number of benzene rings is 1. The second kappa shape index (κ2) is 5.24. The second-order valence-corrected chi connectivity index (χ2v) is 4.59. The van der Waals surface area contributed by atoms with Crippen molar-refractivity contribution in [1.29, 1.82) is 5.26 Å². The third-order valence-electron chi connectivity index (χ3n) is 3.58. The van der Waals surface area contributed by atoms with Gasteiger partial charge in [0.25, 0.3) is 5.69 Å². The number of hydrogen-bond donors (Lipinski definition) is 1. The fourth-order valence-corrected chi connectivity index (χ4v) is 2.48. The number of non-ortho nitro benzene ring substituents is 1. The van der Waals surface area contributed by atoms with Gasteiger partial charge in [-0.15, -0.1) is 0 Å². The molecule has 0 aliphatic carbocycles. The molecule has 0 radical (unpaired) electrons. The zero-order valence-electron chi connectivity index (χ0n) is 10.7. The molecule has 0 unspecified atom stereocenters. The van der Waals surface area contributed by atoms with Crippen LogP contribution in [0.2, 0.25) is 0 Å². The highest BCUT2D eigenvalue weighted by molar-refractivity contribution is 5.50. The molecule has 2 rings (SSSR count). The van der Waals surface area contributed by atoms with Crippen LogP contribution in [0.5, 0.6) is 5.75 Å². The molecule has 1 aliphatic rings. The van der Waals surface area contributed by atoms with E-state index >= 15 is 0 Å². The minimum Gasteiger partial charge on any atom is -0.496 e. The summed E-state index contributed by atoms with van der Waals surface area (Å²) in [5.74, 6) is 0.536. The van der Waals surface area contributed by atoms with Crippen LogP contribution in [0.3, 0.4) is 0 Å². The molecule has 1 aromatic rings. The Labute approximate surface area is 111 Å². The molecule has 1 fully saturated rings. The van der Waals surface area contributed by atoms with Crippen LogP contribution in [-0.2, 0) is 5.41 Å². The Kier molecular flexibility index (Phi) is 3.67. The molecule has 0 bridgehead atoms. The van der Waals surface area contributed by atoms with E-state index in [1.807, 2.05) is 0 Å². The number of nitro benzene ring substituents is 1. The molecule has 1 aliphatic heterocycles. The van der Waals surface area contributed by atoms with Crippen LogP contribution in [0.25, 0.3) is 0 Å². The van der Waals surface area contributed by atoms with Crippen LogP contribution in [0.4, 0.5) is 5.69 Å². The Hall–Kier alpha value is -2.13. The maximum absolute atomic E-state index is 10.9. The van der Waals surface area contributed by atoms with Crippen molar-refractivity contribution >= 4 is 5.69 Å². The first-order valence-corrected chi connectivity index (χ1v) is 6.08. The van der Waals surface area contributed by atoms with Gasteiger partial charge in [0.05, 0.1) is 23.5 Å². The molecule has 0 saturated carbocycles. The van der Waals surface area contributed by atoms with Crippen molar-refractivity contribution in [2.75, 3.05) is 20.2 Å². The lowest BCUT2D eigenvalue weighted by atomic mass is 9.74. The van der Waals surface area contributed by atoms with Gasteiger partial charge in [0.2, 0.25) is 0 Å². The molecule has 0 spiro atoms. The van der Waals surface area contributed by atoms with Gasteiger partial charge in [0.15, 0.2) is 0 Å². The van der Waals surface area contributed by atoms with E-state index in [9.17, 15) is 15.4 Å². The molecule has 19 heavy (non-hydrogen) atoms. The summed E-state index contributed by atoms with van der Waals surface area (Å²) >= 11 is 0. The molecule has 1 heterocycles.